The molecule has 19 heavy (non-hydrogen) atoms. The fourth-order valence-corrected chi connectivity index (χ4v) is 2.04. The molecule has 0 saturated carbocycles. The Morgan fingerprint density at radius 2 is 1.68 bits per heavy atom. The molecule has 0 aromatic heterocycles. The standard InChI is InChI=1S/C11H7F7I/c12-9(11(16,17)18)2-1-6-3-7(10(13,14)15)5-8(19)4-6/h3-4,9H,1-2H2. The van der Waals surface area contributed by atoms with Crippen molar-refractivity contribution in [1.29, 1.82) is 0 Å². The zero-order valence-electron chi connectivity index (χ0n) is 9.17. The minimum absolute atomic E-state index is 0.00220. The van der Waals surface area contributed by atoms with Crippen molar-refractivity contribution >= 4 is 22.6 Å². The number of aryl methyl sites for hydroxylation is 1. The summed E-state index contributed by atoms with van der Waals surface area (Å²) < 4.78 is 85.9. The number of alkyl halides is 7. The average molecular weight is 399 g/mol. The molecule has 1 aromatic rings. The first-order valence-corrected chi connectivity index (χ1v) is 6.08. The van der Waals surface area contributed by atoms with Crippen LogP contribution in [0.1, 0.15) is 17.5 Å². The molecular weight excluding hydrogens is 392 g/mol. The Hall–Kier alpha value is -0.540. The monoisotopic (exact) mass is 399 g/mol. The van der Waals surface area contributed by atoms with Gasteiger partial charge in [-0.05, 0) is 53.1 Å². The van der Waals surface area contributed by atoms with Gasteiger partial charge in [0.2, 0.25) is 0 Å². The molecule has 0 saturated heterocycles. The molecule has 0 nitrogen and oxygen atoms in total. The molecule has 0 aliphatic rings. The van der Waals surface area contributed by atoms with Crippen LogP contribution in [0.3, 0.4) is 0 Å². The third kappa shape index (κ3) is 5.15. The molecule has 0 aliphatic heterocycles. The van der Waals surface area contributed by atoms with E-state index in [0.717, 1.165) is 0 Å². The summed E-state index contributed by atoms with van der Waals surface area (Å²) >= 11 is 1.57. The zero-order chi connectivity index (χ0) is 14.8. The van der Waals surface area contributed by atoms with E-state index in [-0.39, 0.29) is 9.13 Å². The second-order valence-electron chi connectivity index (χ2n) is 3.80. The van der Waals surface area contributed by atoms with Gasteiger partial charge in [-0.1, -0.05) is 0 Å². The van der Waals surface area contributed by atoms with E-state index in [1.807, 2.05) is 0 Å². The van der Waals surface area contributed by atoms with Crippen LogP contribution in [0.25, 0.3) is 0 Å². The van der Waals surface area contributed by atoms with Gasteiger partial charge in [-0.15, -0.1) is 0 Å². The predicted octanol–water partition coefficient (Wildman–Crippen LogP) is 4.94. The van der Waals surface area contributed by atoms with E-state index in [9.17, 15) is 30.7 Å². The highest BCUT2D eigenvalue weighted by Crippen LogP contribution is 2.32. The summed E-state index contributed by atoms with van der Waals surface area (Å²) in [5, 5.41) is 0. The van der Waals surface area contributed by atoms with Crippen LogP contribution >= 0.6 is 22.6 Å². The van der Waals surface area contributed by atoms with E-state index in [2.05, 4.69) is 6.07 Å². The summed E-state index contributed by atoms with van der Waals surface area (Å²) in [6.45, 7) is 0. The molecule has 0 fully saturated rings. The van der Waals surface area contributed by atoms with Gasteiger partial charge in [0.1, 0.15) is 0 Å². The quantitative estimate of drug-likeness (QED) is 0.499. The SMILES string of the molecule is FC(CCc1cc(I)[c]c(C(F)(F)F)c1)C(F)(F)F. The normalized spacial score (nSPS) is 14.5. The van der Waals surface area contributed by atoms with Crippen LogP contribution in [0, 0.1) is 9.64 Å². The molecule has 0 amide bonds. The van der Waals surface area contributed by atoms with Gasteiger partial charge >= 0.3 is 12.4 Å². The second-order valence-corrected chi connectivity index (χ2v) is 4.96. The molecule has 107 valence electrons. The fourth-order valence-electron chi connectivity index (χ4n) is 1.34. The van der Waals surface area contributed by atoms with Crippen molar-refractivity contribution in [3.63, 3.8) is 0 Å². The smallest absolute Gasteiger partial charge is 0.237 e. The molecular formula is C11H7F7I. The highest BCUT2D eigenvalue weighted by Gasteiger charge is 2.39. The maximum Gasteiger partial charge on any atom is 0.419 e. The van der Waals surface area contributed by atoms with Gasteiger partial charge in [-0.25, -0.2) is 4.39 Å². The Balaban J connectivity index is 2.83. The largest absolute Gasteiger partial charge is 0.419 e. The van der Waals surface area contributed by atoms with Gasteiger partial charge in [0.25, 0.3) is 0 Å². The van der Waals surface area contributed by atoms with Gasteiger partial charge in [-0.2, -0.15) is 26.3 Å². The van der Waals surface area contributed by atoms with E-state index in [1.54, 1.807) is 22.6 Å². The van der Waals surface area contributed by atoms with Gasteiger partial charge in [0.05, 0.1) is 5.56 Å². The zero-order valence-corrected chi connectivity index (χ0v) is 11.3. The number of benzene rings is 1. The van der Waals surface area contributed by atoms with Crippen molar-refractivity contribution < 1.29 is 30.7 Å². The first-order valence-electron chi connectivity index (χ1n) is 5.00. The number of rotatable bonds is 3. The topological polar surface area (TPSA) is 0 Å². The second kappa shape index (κ2) is 5.84. The Bertz CT molecular complexity index is 436. The summed E-state index contributed by atoms with van der Waals surface area (Å²) in [6, 6.07) is 3.99. The maximum atomic E-state index is 12.7. The average Bonchev–Trinajstić information content (AvgIpc) is 2.22. The van der Waals surface area contributed by atoms with Crippen LogP contribution in [-0.2, 0) is 12.6 Å². The Morgan fingerprint density at radius 1 is 1.11 bits per heavy atom. The lowest BCUT2D eigenvalue weighted by atomic mass is 10.0. The first kappa shape index (κ1) is 16.5. The molecule has 0 spiro atoms. The van der Waals surface area contributed by atoms with Crippen molar-refractivity contribution in [2.24, 2.45) is 0 Å². The molecule has 1 radical (unpaired) electrons. The molecule has 1 unspecified atom stereocenters. The van der Waals surface area contributed by atoms with Gasteiger partial charge in [0.15, 0.2) is 6.17 Å². The number of hydrogen-bond donors (Lipinski definition) is 0. The summed E-state index contributed by atoms with van der Waals surface area (Å²) in [6.07, 6.45) is -14.0. The molecule has 1 rings (SSSR count). The molecule has 0 heterocycles. The van der Waals surface area contributed by atoms with E-state index < -0.39 is 36.9 Å². The van der Waals surface area contributed by atoms with Crippen LogP contribution in [0.15, 0.2) is 12.1 Å². The van der Waals surface area contributed by atoms with Crippen LogP contribution in [0.2, 0.25) is 0 Å². The lowest BCUT2D eigenvalue weighted by Gasteiger charge is -2.13. The van der Waals surface area contributed by atoms with E-state index >= 15 is 0 Å². The molecule has 0 N–H and O–H groups in total. The molecule has 8 heteroatoms. The summed E-state index contributed by atoms with van der Waals surface area (Å²) in [5.41, 5.74) is -1.07. The fraction of sp³-hybridized carbons (Fsp3) is 0.455. The molecule has 1 atom stereocenters. The van der Waals surface area contributed by atoms with Crippen molar-refractivity contribution in [2.75, 3.05) is 0 Å². The highest BCUT2D eigenvalue weighted by atomic mass is 127. The predicted molar refractivity (Wildman–Crippen MR) is 62.3 cm³/mol. The molecule has 0 bridgehead atoms. The van der Waals surface area contributed by atoms with Gasteiger partial charge in [0, 0.05) is 9.64 Å². The van der Waals surface area contributed by atoms with Crippen molar-refractivity contribution in [3.05, 3.63) is 32.9 Å². The minimum Gasteiger partial charge on any atom is -0.237 e. The molecule has 0 aliphatic carbocycles. The van der Waals surface area contributed by atoms with Crippen molar-refractivity contribution in [2.45, 2.75) is 31.4 Å². The van der Waals surface area contributed by atoms with Gasteiger partial charge in [-0.3, -0.25) is 0 Å². The summed E-state index contributed by atoms with van der Waals surface area (Å²) in [7, 11) is 0. The summed E-state index contributed by atoms with van der Waals surface area (Å²) in [4.78, 5) is 0. The van der Waals surface area contributed by atoms with E-state index in [1.165, 1.54) is 6.07 Å². The van der Waals surface area contributed by atoms with Crippen LogP contribution < -0.4 is 0 Å². The van der Waals surface area contributed by atoms with Crippen molar-refractivity contribution in [3.8, 4) is 0 Å². The van der Waals surface area contributed by atoms with Gasteiger partial charge < -0.3 is 0 Å². The first-order chi connectivity index (χ1) is 8.50. The maximum absolute atomic E-state index is 12.7. The Labute approximate surface area is 118 Å². The third-order valence-electron chi connectivity index (χ3n) is 2.24. The van der Waals surface area contributed by atoms with E-state index in [0.29, 0.717) is 6.07 Å². The summed E-state index contributed by atoms with van der Waals surface area (Å²) in [5.74, 6) is 0. The number of halogens is 8. The van der Waals surface area contributed by atoms with E-state index in [4.69, 9.17) is 0 Å². The lowest BCUT2D eigenvalue weighted by Crippen LogP contribution is -2.24. The lowest BCUT2D eigenvalue weighted by molar-refractivity contribution is -0.181. The highest BCUT2D eigenvalue weighted by molar-refractivity contribution is 14.1. The Morgan fingerprint density at radius 3 is 2.16 bits per heavy atom. The number of hydrogen-bond acceptors (Lipinski definition) is 0. The van der Waals surface area contributed by atoms with Crippen molar-refractivity contribution in [1.82, 2.24) is 0 Å². The minimum atomic E-state index is -4.99. The molecule has 1 aromatic carbocycles. The van der Waals surface area contributed by atoms with Crippen LogP contribution in [0.5, 0.6) is 0 Å². The van der Waals surface area contributed by atoms with Crippen LogP contribution in [-0.4, -0.2) is 12.3 Å². The van der Waals surface area contributed by atoms with Crippen LogP contribution in [0.4, 0.5) is 30.7 Å². The third-order valence-corrected chi connectivity index (χ3v) is 2.82. The Kier molecular flexibility index (Phi) is 5.08.